The Bertz CT molecular complexity index is 541. The van der Waals surface area contributed by atoms with Gasteiger partial charge < -0.3 is 15.2 Å². The van der Waals surface area contributed by atoms with Crippen LogP contribution in [0.5, 0.6) is 11.5 Å². The minimum absolute atomic E-state index is 0. The minimum Gasteiger partial charge on any atom is -0.497 e. The van der Waals surface area contributed by atoms with E-state index in [2.05, 4.69) is 4.72 Å². The summed E-state index contributed by atoms with van der Waals surface area (Å²) in [5.41, 5.74) is 5.12. The lowest BCUT2D eigenvalue weighted by Gasteiger charge is -2.19. The molecule has 0 aliphatic carbocycles. The third-order valence-corrected chi connectivity index (χ3v) is 3.80. The molecule has 1 rings (SSSR count). The van der Waals surface area contributed by atoms with E-state index in [0.717, 1.165) is 0 Å². The maximum Gasteiger partial charge on any atom is 0.244 e. The Labute approximate surface area is 126 Å². The molecule has 1 aromatic rings. The SMILES string of the molecule is COc1ccc(OC)c(S(=O)(=O)NCC(C)(C)N)c1.Cl. The summed E-state index contributed by atoms with van der Waals surface area (Å²) in [5.74, 6) is 0.691. The van der Waals surface area contributed by atoms with Crippen LogP contribution in [0.2, 0.25) is 0 Å². The van der Waals surface area contributed by atoms with E-state index in [0.29, 0.717) is 5.75 Å². The highest BCUT2D eigenvalue weighted by Gasteiger charge is 2.23. The zero-order valence-electron chi connectivity index (χ0n) is 12.0. The van der Waals surface area contributed by atoms with E-state index >= 15 is 0 Å². The normalized spacial score (nSPS) is 11.7. The van der Waals surface area contributed by atoms with Crippen LogP contribution in [0.25, 0.3) is 0 Å². The lowest BCUT2D eigenvalue weighted by molar-refractivity contribution is 0.391. The predicted octanol–water partition coefficient (Wildman–Crippen LogP) is 1.14. The molecular formula is C12H21ClN2O4S. The maximum absolute atomic E-state index is 12.2. The van der Waals surface area contributed by atoms with Crippen LogP contribution < -0.4 is 19.9 Å². The van der Waals surface area contributed by atoms with Gasteiger partial charge >= 0.3 is 0 Å². The molecule has 0 heterocycles. The summed E-state index contributed by atoms with van der Waals surface area (Å²) >= 11 is 0. The fourth-order valence-corrected chi connectivity index (χ4v) is 2.76. The van der Waals surface area contributed by atoms with Crippen LogP contribution in [0.4, 0.5) is 0 Å². The average Bonchev–Trinajstić information content (AvgIpc) is 2.35. The van der Waals surface area contributed by atoms with Crippen molar-refractivity contribution in [1.82, 2.24) is 4.72 Å². The second-order valence-electron chi connectivity index (χ2n) is 4.83. The van der Waals surface area contributed by atoms with Crippen molar-refractivity contribution >= 4 is 22.4 Å². The lowest BCUT2D eigenvalue weighted by atomic mass is 10.1. The van der Waals surface area contributed by atoms with Crippen molar-refractivity contribution in [2.45, 2.75) is 24.3 Å². The van der Waals surface area contributed by atoms with Crippen molar-refractivity contribution in [3.8, 4) is 11.5 Å². The summed E-state index contributed by atoms with van der Waals surface area (Å²) < 4.78 is 37.0. The van der Waals surface area contributed by atoms with Gasteiger partial charge in [0.05, 0.1) is 14.2 Å². The first-order chi connectivity index (χ1) is 8.69. The number of rotatable bonds is 6. The first-order valence-electron chi connectivity index (χ1n) is 5.70. The van der Waals surface area contributed by atoms with E-state index < -0.39 is 15.6 Å². The largest absolute Gasteiger partial charge is 0.497 e. The van der Waals surface area contributed by atoms with Gasteiger partial charge in [-0.3, -0.25) is 0 Å². The van der Waals surface area contributed by atoms with Gasteiger partial charge in [0.2, 0.25) is 10.0 Å². The van der Waals surface area contributed by atoms with Crippen molar-refractivity contribution in [2.75, 3.05) is 20.8 Å². The van der Waals surface area contributed by atoms with Crippen LogP contribution in [0.1, 0.15) is 13.8 Å². The number of halogens is 1. The first-order valence-corrected chi connectivity index (χ1v) is 7.18. The van der Waals surface area contributed by atoms with Crippen molar-refractivity contribution in [1.29, 1.82) is 0 Å². The van der Waals surface area contributed by atoms with Gasteiger partial charge in [-0.05, 0) is 26.0 Å². The van der Waals surface area contributed by atoms with E-state index in [1.54, 1.807) is 26.0 Å². The highest BCUT2D eigenvalue weighted by molar-refractivity contribution is 7.89. The summed E-state index contributed by atoms with van der Waals surface area (Å²) in [6, 6.07) is 4.58. The third kappa shape index (κ3) is 5.16. The minimum atomic E-state index is -3.70. The lowest BCUT2D eigenvalue weighted by Crippen LogP contribution is -2.45. The molecule has 0 fully saturated rings. The first kappa shape index (κ1) is 19.0. The molecule has 0 unspecified atom stereocenters. The monoisotopic (exact) mass is 324 g/mol. The smallest absolute Gasteiger partial charge is 0.244 e. The molecule has 0 aliphatic heterocycles. The average molecular weight is 325 g/mol. The Morgan fingerprint density at radius 2 is 1.85 bits per heavy atom. The van der Waals surface area contributed by atoms with Gasteiger partial charge in [-0.15, -0.1) is 12.4 Å². The summed E-state index contributed by atoms with van der Waals surface area (Å²) in [7, 11) is -0.827. The molecule has 8 heteroatoms. The van der Waals surface area contributed by atoms with Gasteiger partial charge in [0.25, 0.3) is 0 Å². The van der Waals surface area contributed by atoms with Gasteiger partial charge in [0, 0.05) is 18.2 Å². The summed E-state index contributed by atoms with van der Waals surface area (Å²) in [6.45, 7) is 3.59. The number of nitrogens with one attached hydrogen (secondary N) is 1. The van der Waals surface area contributed by atoms with Gasteiger partial charge in [-0.25, -0.2) is 13.1 Å². The highest BCUT2D eigenvalue weighted by Crippen LogP contribution is 2.27. The van der Waals surface area contributed by atoms with Crippen LogP contribution in [-0.4, -0.2) is 34.7 Å². The third-order valence-electron chi connectivity index (χ3n) is 2.38. The summed E-state index contributed by atoms with van der Waals surface area (Å²) in [6.07, 6.45) is 0. The molecule has 0 spiro atoms. The van der Waals surface area contributed by atoms with Crippen LogP contribution in [0.3, 0.4) is 0 Å². The molecule has 0 radical (unpaired) electrons. The Kier molecular flexibility index (Phi) is 6.76. The molecule has 0 saturated heterocycles. The number of hydrogen-bond donors (Lipinski definition) is 2. The molecule has 116 valence electrons. The topological polar surface area (TPSA) is 90.6 Å². The van der Waals surface area contributed by atoms with Gasteiger partial charge in [-0.2, -0.15) is 0 Å². The van der Waals surface area contributed by atoms with Gasteiger partial charge in [0.1, 0.15) is 16.4 Å². The van der Waals surface area contributed by atoms with E-state index in [4.69, 9.17) is 15.2 Å². The van der Waals surface area contributed by atoms with Crippen LogP contribution in [-0.2, 0) is 10.0 Å². The van der Waals surface area contributed by atoms with Crippen molar-refractivity contribution in [3.05, 3.63) is 18.2 Å². The van der Waals surface area contributed by atoms with Crippen molar-refractivity contribution < 1.29 is 17.9 Å². The molecule has 0 aromatic heterocycles. The Morgan fingerprint density at radius 3 is 2.30 bits per heavy atom. The Hall–Kier alpha value is -1.02. The van der Waals surface area contributed by atoms with Crippen LogP contribution in [0, 0.1) is 0 Å². The molecule has 0 bridgehead atoms. The molecule has 0 saturated carbocycles. The zero-order chi connectivity index (χ0) is 14.7. The molecule has 20 heavy (non-hydrogen) atoms. The van der Waals surface area contributed by atoms with E-state index in [9.17, 15) is 8.42 Å². The summed E-state index contributed by atoms with van der Waals surface area (Å²) in [4.78, 5) is 0.0265. The van der Waals surface area contributed by atoms with E-state index in [1.807, 2.05) is 0 Å². The molecule has 0 amide bonds. The number of methoxy groups -OCH3 is 2. The summed E-state index contributed by atoms with van der Waals surface area (Å²) in [5, 5.41) is 0. The van der Waals surface area contributed by atoms with Gasteiger partial charge in [-0.1, -0.05) is 0 Å². The predicted molar refractivity (Wildman–Crippen MR) is 80.2 cm³/mol. The fourth-order valence-electron chi connectivity index (χ4n) is 1.35. The number of nitrogens with two attached hydrogens (primary N) is 1. The second-order valence-corrected chi connectivity index (χ2v) is 6.57. The number of ether oxygens (including phenoxy) is 2. The Morgan fingerprint density at radius 1 is 1.25 bits per heavy atom. The van der Waals surface area contributed by atoms with Gasteiger partial charge in [0.15, 0.2) is 0 Å². The Balaban J connectivity index is 0.00000361. The van der Waals surface area contributed by atoms with Crippen molar-refractivity contribution in [2.24, 2.45) is 5.73 Å². The number of sulfonamides is 1. The molecule has 0 atom stereocenters. The quantitative estimate of drug-likeness (QED) is 0.819. The van der Waals surface area contributed by atoms with E-state index in [1.165, 1.54) is 20.3 Å². The van der Waals surface area contributed by atoms with Crippen LogP contribution >= 0.6 is 12.4 Å². The molecule has 0 aliphatic rings. The standard InChI is InChI=1S/C12H20N2O4S.ClH/c1-12(2,13)8-14-19(15,16)11-7-9(17-3)5-6-10(11)18-4;/h5-7,14H,8,13H2,1-4H3;1H. The fraction of sp³-hybridized carbons (Fsp3) is 0.500. The maximum atomic E-state index is 12.2. The molecule has 6 nitrogen and oxygen atoms in total. The van der Waals surface area contributed by atoms with E-state index in [-0.39, 0.29) is 29.6 Å². The van der Waals surface area contributed by atoms with Crippen molar-refractivity contribution in [3.63, 3.8) is 0 Å². The molecule has 3 N–H and O–H groups in total. The number of benzene rings is 1. The number of hydrogen-bond acceptors (Lipinski definition) is 5. The second kappa shape index (κ2) is 7.12. The zero-order valence-corrected chi connectivity index (χ0v) is 13.6. The molecular weight excluding hydrogens is 304 g/mol. The highest BCUT2D eigenvalue weighted by atomic mass is 35.5. The van der Waals surface area contributed by atoms with Crippen LogP contribution in [0.15, 0.2) is 23.1 Å². The molecule has 1 aromatic carbocycles.